The molecule has 2 saturated heterocycles. The smallest absolute Gasteiger partial charge is 0.238 e. The van der Waals surface area contributed by atoms with E-state index in [0.29, 0.717) is 30.6 Å². The van der Waals surface area contributed by atoms with E-state index in [1.165, 1.54) is 5.56 Å². The van der Waals surface area contributed by atoms with Gasteiger partial charge in [0.05, 0.1) is 17.4 Å². The van der Waals surface area contributed by atoms with Crippen LogP contribution in [-0.2, 0) is 9.59 Å². The lowest BCUT2D eigenvalue weighted by Crippen LogP contribution is -2.51. The van der Waals surface area contributed by atoms with Crippen LogP contribution in [0.25, 0.3) is 0 Å². The van der Waals surface area contributed by atoms with E-state index in [-0.39, 0.29) is 17.7 Å². The number of carbonyl (C=O) groups excluding carboxylic acids is 2. The number of hydrogen-bond acceptors (Lipinski definition) is 6. The molecular weight excluding hydrogens is 398 g/mol. The Morgan fingerprint density at radius 3 is 2.47 bits per heavy atom. The Hall–Kier alpha value is -2.45. The number of hydrogen-bond donors (Lipinski definition) is 1. The Balaban J connectivity index is 1.47. The first-order chi connectivity index (χ1) is 14.7. The maximum absolute atomic E-state index is 13.0. The summed E-state index contributed by atoms with van der Waals surface area (Å²) in [4.78, 5) is 28.8. The highest BCUT2D eigenvalue weighted by Crippen LogP contribution is 2.32. The molecular formula is C22H27N5O2S. The van der Waals surface area contributed by atoms with Crippen LogP contribution in [0.4, 0.5) is 11.5 Å². The van der Waals surface area contributed by atoms with Gasteiger partial charge in [0.15, 0.2) is 5.82 Å². The van der Waals surface area contributed by atoms with Gasteiger partial charge in [-0.25, -0.2) is 0 Å². The summed E-state index contributed by atoms with van der Waals surface area (Å²) in [5, 5.41) is 11.3. The Labute approximate surface area is 181 Å². The number of rotatable bonds is 6. The molecule has 0 aliphatic carbocycles. The summed E-state index contributed by atoms with van der Waals surface area (Å²) in [5.41, 5.74) is 2.07. The van der Waals surface area contributed by atoms with Crippen LogP contribution in [0.1, 0.15) is 24.3 Å². The van der Waals surface area contributed by atoms with Crippen molar-refractivity contribution in [3.8, 4) is 0 Å². The Morgan fingerprint density at radius 1 is 1.17 bits per heavy atom. The van der Waals surface area contributed by atoms with Crippen molar-refractivity contribution in [3.05, 3.63) is 48.2 Å². The Bertz CT molecular complexity index is 865. The first-order valence-corrected chi connectivity index (χ1v) is 11.8. The third kappa shape index (κ3) is 4.49. The molecule has 0 atom stereocenters. The zero-order valence-electron chi connectivity index (χ0n) is 17.2. The lowest BCUT2D eigenvalue weighted by molar-refractivity contribution is -0.129. The molecule has 158 valence electrons. The van der Waals surface area contributed by atoms with Gasteiger partial charge >= 0.3 is 0 Å². The SMILES string of the molecule is CSCC(=O)N1CCC(c2ccc(N(C(=O)C3CNC3)c3cccnn3)cc2)CC1. The van der Waals surface area contributed by atoms with Crippen LogP contribution >= 0.6 is 11.8 Å². The van der Waals surface area contributed by atoms with Crippen molar-refractivity contribution < 1.29 is 9.59 Å². The van der Waals surface area contributed by atoms with Gasteiger partial charge in [-0.05, 0) is 54.8 Å². The molecule has 3 heterocycles. The molecule has 2 amide bonds. The second kappa shape index (κ2) is 9.57. The number of nitrogens with zero attached hydrogens (tertiary/aromatic N) is 4. The van der Waals surface area contributed by atoms with Gasteiger partial charge in [0.2, 0.25) is 11.8 Å². The van der Waals surface area contributed by atoms with Gasteiger partial charge in [-0.3, -0.25) is 14.5 Å². The summed E-state index contributed by atoms with van der Waals surface area (Å²) >= 11 is 1.58. The third-order valence-electron chi connectivity index (χ3n) is 5.88. The molecule has 2 aliphatic heterocycles. The molecule has 2 aliphatic rings. The van der Waals surface area contributed by atoms with Crippen molar-refractivity contribution in [1.82, 2.24) is 20.4 Å². The van der Waals surface area contributed by atoms with E-state index in [0.717, 1.165) is 31.6 Å². The lowest BCUT2D eigenvalue weighted by Gasteiger charge is -2.33. The average molecular weight is 426 g/mol. The average Bonchev–Trinajstić information content (AvgIpc) is 2.74. The van der Waals surface area contributed by atoms with E-state index in [4.69, 9.17) is 0 Å². The molecule has 30 heavy (non-hydrogen) atoms. The minimum absolute atomic E-state index is 0.0326. The second-order valence-corrected chi connectivity index (χ2v) is 8.66. The number of carbonyl (C=O) groups is 2. The van der Waals surface area contributed by atoms with Crippen LogP contribution < -0.4 is 10.2 Å². The molecule has 0 spiro atoms. The number of amides is 2. The Kier molecular flexibility index (Phi) is 6.64. The normalized spacial score (nSPS) is 17.4. The summed E-state index contributed by atoms with van der Waals surface area (Å²) in [6.45, 7) is 3.01. The zero-order valence-corrected chi connectivity index (χ0v) is 18.0. The predicted octanol–water partition coefficient (Wildman–Crippen LogP) is 2.43. The van der Waals surface area contributed by atoms with Crippen LogP contribution in [0, 0.1) is 5.92 Å². The molecule has 0 unspecified atom stereocenters. The zero-order chi connectivity index (χ0) is 20.9. The minimum Gasteiger partial charge on any atom is -0.342 e. The third-order valence-corrected chi connectivity index (χ3v) is 6.41. The van der Waals surface area contributed by atoms with Crippen LogP contribution in [0.2, 0.25) is 0 Å². The highest BCUT2D eigenvalue weighted by atomic mass is 32.2. The van der Waals surface area contributed by atoms with E-state index in [1.54, 1.807) is 28.9 Å². The largest absolute Gasteiger partial charge is 0.342 e. The van der Waals surface area contributed by atoms with E-state index in [2.05, 4.69) is 27.6 Å². The van der Waals surface area contributed by atoms with Gasteiger partial charge in [-0.2, -0.15) is 16.9 Å². The van der Waals surface area contributed by atoms with Crippen molar-refractivity contribution >= 4 is 35.1 Å². The van der Waals surface area contributed by atoms with E-state index >= 15 is 0 Å². The standard InChI is InChI=1S/C22H27N5O2S/c1-30-15-21(28)26-11-8-17(9-12-26)16-4-6-19(7-5-16)27(20-3-2-10-24-25-20)22(29)18-13-23-14-18/h2-7,10,17-18,23H,8-9,11-15H2,1H3. The molecule has 8 heteroatoms. The maximum atomic E-state index is 13.0. The van der Waals surface area contributed by atoms with Gasteiger partial charge in [-0.15, -0.1) is 5.10 Å². The maximum Gasteiger partial charge on any atom is 0.238 e. The second-order valence-electron chi connectivity index (χ2n) is 7.79. The van der Waals surface area contributed by atoms with E-state index < -0.39 is 0 Å². The first-order valence-electron chi connectivity index (χ1n) is 10.4. The molecule has 2 fully saturated rings. The molecule has 1 aromatic carbocycles. The van der Waals surface area contributed by atoms with Crippen molar-refractivity contribution in [2.75, 3.05) is 43.1 Å². The van der Waals surface area contributed by atoms with Gasteiger partial charge in [-0.1, -0.05) is 12.1 Å². The van der Waals surface area contributed by atoms with Crippen LogP contribution in [0.15, 0.2) is 42.6 Å². The number of thioether (sulfide) groups is 1. The number of anilines is 2. The quantitative estimate of drug-likeness (QED) is 0.766. The number of piperidine rings is 1. The van der Waals surface area contributed by atoms with Crippen molar-refractivity contribution in [1.29, 1.82) is 0 Å². The summed E-state index contributed by atoms with van der Waals surface area (Å²) in [5.74, 6) is 1.79. The van der Waals surface area contributed by atoms with Crippen molar-refractivity contribution in [2.24, 2.45) is 5.92 Å². The van der Waals surface area contributed by atoms with Crippen LogP contribution in [-0.4, -0.2) is 65.1 Å². The van der Waals surface area contributed by atoms with Crippen LogP contribution in [0.5, 0.6) is 0 Å². The molecule has 0 saturated carbocycles. The highest BCUT2D eigenvalue weighted by molar-refractivity contribution is 7.99. The highest BCUT2D eigenvalue weighted by Gasteiger charge is 2.32. The minimum atomic E-state index is -0.0326. The summed E-state index contributed by atoms with van der Waals surface area (Å²) < 4.78 is 0. The van der Waals surface area contributed by atoms with Gasteiger partial charge in [0.25, 0.3) is 0 Å². The molecule has 0 radical (unpaired) electrons. The van der Waals surface area contributed by atoms with E-state index in [1.807, 2.05) is 29.4 Å². The topological polar surface area (TPSA) is 78.4 Å². The molecule has 2 aromatic rings. The first kappa shape index (κ1) is 20.8. The fourth-order valence-corrected chi connectivity index (χ4v) is 4.43. The van der Waals surface area contributed by atoms with Gasteiger partial charge < -0.3 is 10.2 Å². The molecule has 0 bridgehead atoms. The fourth-order valence-electron chi connectivity index (χ4n) is 4.00. The predicted molar refractivity (Wildman–Crippen MR) is 119 cm³/mol. The molecule has 1 N–H and O–H groups in total. The number of aromatic nitrogens is 2. The van der Waals surface area contributed by atoms with E-state index in [9.17, 15) is 9.59 Å². The summed E-state index contributed by atoms with van der Waals surface area (Å²) in [6, 6.07) is 11.8. The molecule has 4 rings (SSSR count). The monoisotopic (exact) mass is 425 g/mol. The number of likely N-dealkylation sites (tertiary alicyclic amines) is 1. The van der Waals surface area contributed by atoms with Gasteiger partial charge in [0, 0.05) is 32.4 Å². The Morgan fingerprint density at radius 2 is 1.90 bits per heavy atom. The van der Waals surface area contributed by atoms with Crippen molar-refractivity contribution in [3.63, 3.8) is 0 Å². The molecule has 1 aromatic heterocycles. The number of nitrogens with one attached hydrogen (secondary N) is 1. The lowest BCUT2D eigenvalue weighted by atomic mass is 9.89. The van der Waals surface area contributed by atoms with Crippen molar-refractivity contribution in [2.45, 2.75) is 18.8 Å². The summed E-state index contributed by atoms with van der Waals surface area (Å²) in [7, 11) is 0. The molecule has 7 nitrogen and oxygen atoms in total. The van der Waals surface area contributed by atoms with Crippen LogP contribution in [0.3, 0.4) is 0 Å². The summed E-state index contributed by atoms with van der Waals surface area (Å²) in [6.07, 6.45) is 5.51. The fraction of sp³-hybridized carbons (Fsp3) is 0.455. The number of benzene rings is 1. The van der Waals surface area contributed by atoms with Gasteiger partial charge in [0.1, 0.15) is 0 Å².